The third kappa shape index (κ3) is 12.4. The Kier molecular flexibility index (Phi) is 15.1. The van der Waals surface area contributed by atoms with E-state index in [1.165, 1.54) is 11.8 Å². The summed E-state index contributed by atoms with van der Waals surface area (Å²) < 4.78 is 0. The summed E-state index contributed by atoms with van der Waals surface area (Å²) in [5.41, 5.74) is 11.3. The lowest BCUT2D eigenvalue weighted by Gasteiger charge is -2.26. The van der Waals surface area contributed by atoms with Crippen molar-refractivity contribution in [3.05, 3.63) is 0 Å². The molecule has 0 aromatic heterocycles. The van der Waals surface area contributed by atoms with Crippen molar-refractivity contribution in [2.75, 3.05) is 18.6 Å². The summed E-state index contributed by atoms with van der Waals surface area (Å²) in [5.74, 6) is -4.83. The lowest BCUT2D eigenvalue weighted by molar-refractivity contribution is -0.143. The minimum Gasteiger partial charge on any atom is -0.481 e. The van der Waals surface area contributed by atoms with Gasteiger partial charge in [-0.3, -0.25) is 19.2 Å². The zero-order chi connectivity index (χ0) is 25.6. The van der Waals surface area contributed by atoms with Crippen LogP contribution in [0.2, 0.25) is 0 Å². The van der Waals surface area contributed by atoms with Gasteiger partial charge in [0.2, 0.25) is 17.7 Å². The number of hydrogen-bond donors (Lipinski definition) is 7. The van der Waals surface area contributed by atoms with Crippen LogP contribution in [0.25, 0.3) is 0 Å². The van der Waals surface area contributed by atoms with Gasteiger partial charge in [0.05, 0.1) is 12.5 Å². The van der Waals surface area contributed by atoms with Gasteiger partial charge in [-0.2, -0.15) is 11.8 Å². The van der Waals surface area contributed by atoms with Gasteiger partial charge in [0.15, 0.2) is 0 Å². The molecule has 33 heavy (non-hydrogen) atoms. The second kappa shape index (κ2) is 16.3. The Morgan fingerprint density at radius 1 is 0.879 bits per heavy atom. The van der Waals surface area contributed by atoms with Gasteiger partial charge >= 0.3 is 11.9 Å². The number of unbranched alkanes of at least 4 members (excludes halogenated alkanes) is 1. The summed E-state index contributed by atoms with van der Waals surface area (Å²) >= 11 is 1.39. The van der Waals surface area contributed by atoms with Crippen molar-refractivity contribution in [3.8, 4) is 0 Å². The lowest BCUT2D eigenvalue weighted by atomic mass is 10.0. The zero-order valence-electron chi connectivity index (χ0n) is 19.3. The van der Waals surface area contributed by atoms with Crippen molar-refractivity contribution in [1.82, 2.24) is 16.0 Å². The minimum atomic E-state index is -1.53. The molecule has 0 saturated carbocycles. The molecular weight excluding hydrogens is 454 g/mol. The molecule has 0 aromatic rings. The van der Waals surface area contributed by atoms with E-state index in [-0.39, 0.29) is 6.42 Å². The SMILES string of the molecule is CSCCC(NC(=O)C(CC(=O)O)NC(=O)C(NC(=O)C(N)CCCCN)C(C)C)C(=O)O. The monoisotopic (exact) mass is 491 g/mol. The third-order valence-electron chi connectivity index (χ3n) is 4.79. The van der Waals surface area contributed by atoms with Crippen LogP contribution in [0.3, 0.4) is 0 Å². The summed E-state index contributed by atoms with van der Waals surface area (Å²) in [5, 5.41) is 25.6. The number of carbonyl (C=O) groups excluding carboxylic acids is 3. The minimum absolute atomic E-state index is 0.128. The van der Waals surface area contributed by atoms with Gasteiger partial charge in [-0.05, 0) is 43.7 Å². The highest BCUT2D eigenvalue weighted by Gasteiger charge is 2.32. The van der Waals surface area contributed by atoms with E-state index >= 15 is 0 Å². The molecule has 0 rings (SSSR count). The van der Waals surface area contributed by atoms with Crippen molar-refractivity contribution in [2.45, 2.75) is 70.1 Å². The molecule has 0 fully saturated rings. The first kappa shape index (κ1) is 30.6. The summed E-state index contributed by atoms with van der Waals surface area (Å²) in [6.07, 6.45) is 2.87. The van der Waals surface area contributed by atoms with E-state index in [2.05, 4.69) is 16.0 Å². The Balaban J connectivity index is 5.32. The number of rotatable bonds is 17. The van der Waals surface area contributed by atoms with Crippen LogP contribution < -0.4 is 27.4 Å². The van der Waals surface area contributed by atoms with E-state index < -0.39 is 66.2 Å². The molecule has 0 aliphatic carbocycles. The Morgan fingerprint density at radius 3 is 1.97 bits per heavy atom. The van der Waals surface area contributed by atoms with Crippen LogP contribution >= 0.6 is 11.8 Å². The highest BCUT2D eigenvalue weighted by atomic mass is 32.2. The predicted molar refractivity (Wildman–Crippen MR) is 124 cm³/mol. The highest BCUT2D eigenvalue weighted by Crippen LogP contribution is 2.07. The largest absolute Gasteiger partial charge is 0.481 e. The zero-order valence-corrected chi connectivity index (χ0v) is 20.2. The number of carbonyl (C=O) groups is 5. The highest BCUT2D eigenvalue weighted by molar-refractivity contribution is 7.98. The van der Waals surface area contributed by atoms with E-state index in [9.17, 15) is 29.1 Å². The molecule has 0 saturated heterocycles. The Morgan fingerprint density at radius 2 is 1.48 bits per heavy atom. The molecule has 4 atom stereocenters. The molecule has 3 amide bonds. The number of carboxylic acid groups (broad SMARTS) is 2. The number of thioether (sulfide) groups is 1. The molecule has 12 nitrogen and oxygen atoms in total. The van der Waals surface area contributed by atoms with Crippen LogP contribution in [0.4, 0.5) is 0 Å². The lowest BCUT2D eigenvalue weighted by Crippen LogP contribution is -2.58. The van der Waals surface area contributed by atoms with Gasteiger partial charge < -0.3 is 37.6 Å². The van der Waals surface area contributed by atoms with E-state index in [0.717, 1.165) is 0 Å². The summed E-state index contributed by atoms with van der Waals surface area (Å²) in [6, 6.07) is -4.68. The average molecular weight is 492 g/mol. The van der Waals surface area contributed by atoms with Gasteiger partial charge in [-0.15, -0.1) is 0 Å². The van der Waals surface area contributed by atoms with Gasteiger partial charge in [0.25, 0.3) is 0 Å². The van der Waals surface area contributed by atoms with Crippen molar-refractivity contribution in [1.29, 1.82) is 0 Å². The maximum atomic E-state index is 12.8. The molecule has 0 radical (unpaired) electrons. The van der Waals surface area contributed by atoms with Crippen molar-refractivity contribution in [3.63, 3.8) is 0 Å². The molecule has 0 bridgehead atoms. The van der Waals surface area contributed by atoms with E-state index in [1.807, 2.05) is 0 Å². The molecule has 0 spiro atoms. The fourth-order valence-corrected chi connectivity index (χ4v) is 3.32. The predicted octanol–water partition coefficient (Wildman–Crippen LogP) is -1.13. The Labute approximate surface area is 198 Å². The first-order valence-electron chi connectivity index (χ1n) is 10.7. The molecule has 0 aliphatic rings. The number of nitrogens with two attached hydrogens (primary N) is 2. The molecule has 4 unspecified atom stereocenters. The molecule has 13 heteroatoms. The van der Waals surface area contributed by atoms with Crippen molar-refractivity contribution >= 4 is 41.4 Å². The third-order valence-corrected chi connectivity index (χ3v) is 5.43. The van der Waals surface area contributed by atoms with Crippen LogP contribution in [0.15, 0.2) is 0 Å². The Hall–Kier alpha value is -2.38. The van der Waals surface area contributed by atoms with Crippen molar-refractivity contribution < 1.29 is 34.2 Å². The molecule has 190 valence electrons. The molecule has 0 aromatic carbocycles. The summed E-state index contributed by atoms with van der Waals surface area (Å²) in [7, 11) is 0. The van der Waals surface area contributed by atoms with Crippen LogP contribution in [0.5, 0.6) is 0 Å². The van der Waals surface area contributed by atoms with Gasteiger partial charge in [-0.25, -0.2) is 4.79 Å². The number of nitrogens with one attached hydrogen (secondary N) is 3. The van der Waals surface area contributed by atoms with Gasteiger partial charge in [-0.1, -0.05) is 20.3 Å². The van der Waals surface area contributed by atoms with Gasteiger partial charge in [0.1, 0.15) is 18.1 Å². The van der Waals surface area contributed by atoms with Crippen molar-refractivity contribution in [2.24, 2.45) is 17.4 Å². The van der Waals surface area contributed by atoms with E-state index in [4.69, 9.17) is 16.6 Å². The van der Waals surface area contributed by atoms with Gasteiger partial charge in [0, 0.05) is 0 Å². The molecular formula is C20H37N5O7S. The topological polar surface area (TPSA) is 214 Å². The quantitative estimate of drug-likeness (QED) is 0.121. The molecule has 9 N–H and O–H groups in total. The van der Waals surface area contributed by atoms with E-state index in [1.54, 1.807) is 20.1 Å². The maximum Gasteiger partial charge on any atom is 0.326 e. The first-order valence-corrected chi connectivity index (χ1v) is 12.1. The normalized spacial score (nSPS) is 14.6. The first-order chi connectivity index (χ1) is 15.4. The van der Waals surface area contributed by atoms with E-state index in [0.29, 0.717) is 31.6 Å². The molecule has 0 heterocycles. The van der Waals surface area contributed by atoms with Crippen LogP contribution in [0, 0.1) is 5.92 Å². The fraction of sp³-hybridized carbons (Fsp3) is 0.750. The average Bonchev–Trinajstić information content (AvgIpc) is 2.73. The Bertz CT molecular complexity index is 677. The number of hydrogen-bond acceptors (Lipinski definition) is 8. The summed E-state index contributed by atoms with van der Waals surface area (Å²) in [4.78, 5) is 60.4. The summed E-state index contributed by atoms with van der Waals surface area (Å²) in [6.45, 7) is 3.80. The van der Waals surface area contributed by atoms with Crippen LogP contribution in [0.1, 0.15) is 46.0 Å². The maximum absolute atomic E-state index is 12.8. The number of amides is 3. The van der Waals surface area contributed by atoms with Crippen LogP contribution in [-0.2, 0) is 24.0 Å². The fourth-order valence-electron chi connectivity index (χ4n) is 2.85. The van der Waals surface area contributed by atoms with Crippen LogP contribution in [-0.4, -0.2) is 82.6 Å². The molecule has 0 aliphatic heterocycles. The standard InChI is InChI=1S/C20H37N5O7S/c1-11(2)16(25-17(28)12(22)6-4-5-8-21)19(30)24-14(10-15(26)27)18(29)23-13(20(31)32)7-9-33-3/h11-14,16H,4-10,21-22H2,1-3H3,(H,23,29)(H,24,30)(H,25,28)(H,26,27)(H,31,32). The second-order valence-electron chi connectivity index (χ2n) is 7.96. The second-order valence-corrected chi connectivity index (χ2v) is 8.95. The number of aliphatic carboxylic acids is 2. The number of carboxylic acids is 2. The smallest absolute Gasteiger partial charge is 0.326 e.